The number of carbonyl (C=O) groups is 1. The van der Waals surface area contributed by atoms with Crippen LogP contribution in [0.25, 0.3) is 22.0 Å². The van der Waals surface area contributed by atoms with E-state index in [2.05, 4.69) is 32.9 Å². The number of benzene rings is 2. The summed E-state index contributed by atoms with van der Waals surface area (Å²) in [4.78, 5) is 18.8. The number of carbonyl (C=O) groups excluding carboxylic acids is 1. The molecule has 0 saturated heterocycles. The van der Waals surface area contributed by atoms with Crippen molar-refractivity contribution in [3.63, 3.8) is 0 Å². The van der Waals surface area contributed by atoms with Crippen LogP contribution in [0.1, 0.15) is 77.1 Å². The van der Waals surface area contributed by atoms with Crippen LogP contribution in [0.3, 0.4) is 0 Å². The number of halogens is 10. The first-order valence-corrected chi connectivity index (χ1v) is 21.3. The molecular weight excluding hydrogens is 863 g/mol. The summed E-state index contributed by atoms with van der Waals surface area (Å²) in [5.41, 5.74) is 1.83. The molecule has 2 saturated carbocycles. The van der Waals surface area contributed by atoms with Crippen LogP contribution in [0.2, 0.25) is 5.02 Å². The van der Waals surface area contributed by atoms with E-state index in [1.165, 1.54) is 23.1 Å². The Labute approximate surface area is 347 Å². The summed E-state index contributed by atoms with van der Waals surface area (Å²) in [5.74, 6) is -4.97. The average molecular weight is 897 g/mol. The van der Waals surface area contributed by atoms with Gasteiger partial charge in [0.15, 0.2) is 11.5 Å². The molecule has 2 fully saturated rings. The summed E-state index contributed by atoms with van der Waals surface area (Å²) in [5, 5.41) is 19.2. The molecular formula is C41H34ClF9N6O3S. The van der Waals surface area contributed by atoms with E-state index >= 15 is 8.78 Å². The number of pyridine rings is 1. The van der Waals surface area contributed by atoms with Crippen molar-refractivity contribution in [1.82, 2.24) is 24.5 Å². The predicted molar refractivity (Wildman–Crippen MR) is 209 cm³/mol. The zero-order valence-electron chi connectivity index (χ0n) is 32.1. The SMILES string of the molecule is C=S(C)(=O)Cc1nn(C)c2c(-c3cc(N)c(C#CC4(O)CC(F)(F)C4)nc3[C@@H](CC(=O)Cn3nc(C(F)(F)F)c4c3C(F)(F)[C@@H]3C[C@H]43)Cc3cc(F)cc(F)c3)ccc(Cl)c12. The second-order valence-corrected chi connectivity index (χ2v) is 19.4. The van der Waals surface area contributed by atoms with Gasteiger partial charge in [-0.1, -0.05) is 23.6 Å². The fourth-order valence-electron chi connectivity index (χ4n) is 8.68. The maximum absolute atomic E-state index is 15.5. The number of anilines is 1. The maximum Gasteiger partial charge on any atom is 0.435 e. The fourth-order valence-corrected chi connectivity index (χ4v) is 9.72. The second-order valence-electron chi connectivity index (χ2n) is 16.3. The number of aryl methyl sites for hydroxylation is 1. The van der Waals surface area contributed by atoms with Gasteiger partial charge < -0.3 is 10.8 Å². The van der Waals surface area contributed by atoms with Crippen LogP contribution in [0.4, 0.5) is 45.2 Å². The number of nitrogens with zero attached hydrogens (tertiary/aromatic N) is 5. The Hall–Kier alpha value is -5.06. The number of nitrogens with two attached hydrogens (primary N) is 1. The molecule has 0 amide bonds. The van der Waals surface area contributed by atoms with Gasteiger partial charge in [0.1, 0.15) is 35.2 Å². The van der Waals surface area contributed by atoms with Gasteiger partial charge in [-0.05, 0) is 69.9 Å². The van der Waals surface area contributed by atoms with Gasteiger partial charge in [0.05, 0.1) is 46.2 Å². The minimum atomic E-state index is -5.10. The Kier molecular flexibility index (Phi) is 9.95. The van der Waals surface area contributed by atoms with Crippen LogP contribution in [0.5, 0.6) is 0 Å². The highest BCUT2D eigenvalue weighted by Gasteiger charge is 2.68. The standard InChI is InChI=1S/C41H34ClF9N6O3S/c1-56-35-24(4-5-28(42)33(35)31(54-56)16-61(2,3)60)25-14-29(52)30(6-7-38(59)17-39(45,46)18-38)53-34(25)20(8-19-9-21(43)12-22(44)10-19)11-23(58)15-57-37-32(36(55-57)41(49,50)51)26-13-27(26)40(37,47)48/h4-5,9-10,12,14,20,26-27,59H,2,8,11,13,15-18,52H2,1,3H3/t20-,26+,27-,61?/m1/s1. The van der Waals surface area contributed by atoms with Crippen LogP contribution in [-0.2, 0) is 52.2 Å². The molecule has 3 N–H and O–H groups in total. The topological polar surface area (TPSA) is 129 Å². The van der Waals surface area contributed by atoms with Gasteiger partial charge in [0.25, 0.3) is 11.8 Å². The highest BCUT2D eigenvalue weighted by atomic mass is 35.5. The van der Waals surface area contributed by atoms with Gasteiger partial charge in [-0.3, -0.25) is 18.4 Å². The van der Waals surface area contributed by atoms with Gasteiger partial charge >= 0.3 is 6.18 Å². The summed E-state index contributed by atoms with van der Waals surface area (Å²) >= 11 is 6.68. The molecule has 322 valence electrons. The van der Waals surface area contributed by atoms with Crippen LogP contribution < -0.4 is 5.73 Å². The highest BCUT2D eigenvalue weighted by molar-refractivity contribution is 7.98. The fraction of sp³-hybridized carbons (Fsp3) is 0.390. The van der Waals surface area contributed by atoms with Crippen molar-refractivity contribution >= 4 is 49.4 Å². The Morgan fingerprint density at radius 1 is 1.10 bits per heavy atom. The number of rotatable bonds is 10. The molecule has 8 rings (SSSR count). The number of alkyl halides is 7. The summed E-state index contributed by atoms with van der Waals surface area (Å²) in [6, 6.07) is 6.97. The van der Waals surface area contributed by atoms with E-state index in [4.69, 9.17) is 17.3 Å². The highest BCUT2D eigenvalue weighted by Crippen LogP contribution is 2.68. The van der Waals surface area contributed by atoms with Crippen LogP contribution in [0, 0.1) is 29.4 Å². The third-order valence-corrected chi connectivity index (χ3v) is 12.3. The number of nitrogen functional groups attached to an aromatic ring is 1. The van der Waals surface area contributed by atoms with E-state index in [-0.39, 0.29) is 51.8 Å². The number of aromatic nitrogens is 5. The summed E-state index contributed by atoms with van der Waals surface area (Å²) < 4.78 is 145. The number of hydrogen-bond acceptors (Lipinski definition) is 7. The lowest BCUT2D eigenvalue weighted by atomic mass is 9.77. The second kappa shape index (κ2) is 14.2. The van der Waals surface area contributed by atoms with Crippen molar-refractivity contribution < 1.29 is 53.6 Å². The van der Waals surface area contributed by atoms with Gasteiger partial charge in [0, 0.05) is 59.7 Å². The molecule has 2 aromatic carbocycles. The Morgan fingerprint density at radius 2 is 1.77 bits per heavy atom. The lowest BCUT2D eigenvalue weighted by Crippen LogP contribution is -2.50. The molecule has 4 atom stereocenters. The van der Waals surface area contributed by atoms with Crippen LogP contribution in [0.15, 0.2) is 36.4 Å². The molecule has 0 spiro atoms. The van der Waals surface area contributed by atoms with Gasteiger partial charge in [0.2, 0.25) is 0 Å². The lowest BCUT2D eigenvalue weighted by molar-refractivity contribution is -0.176. The maximum atomic E-state index is 15.5. The summed E-state index contributed by atoms with van der Waals surface area (Å²) in [7, 11) is -1.11. The van der Waals surface area contributed by atoms with Crippen molar-refractivity contribution in [3.8, 4) is 23.0 Å². The zero-order valence-corrected chi connectivity index (χ0v) is 33.7. The zero-order chi connectivity index (χ0) is 44.4. The van der Waals surface area contributed by atoms with E-state index in [0.29, 0.717) is 32.9 Å². The van der Waals surface area contributed by atoms with Crippen molar-refractivity contribution in [3.05, 3.63) is 92.7 Å². The van der Waals surface area contributed by atoms with Crippen molar-refractivity contribution in [2.75, 3.05) is 12.0 Å². The minimum absolute atomic E-state index is 0.0123. The third-order valence-electron chi connectivity index (χ3n) is 11.1. The monoisotopic (exact) mass is 896 g/mol. The molecule has 3 aliphatic carbocycles. The van der Waals surface area contributed by atoms with Gasteiger partial charge in [-0.15, -0.1) is 0 Å². The molecule has 0 radical (unpaired) electrons. The molecule has 0 bridgehead atoms. The number of ketones is 1. The van der Waals surface area contributed by atoms with E-state index in [0.717, 1.165) is 12.1 Å². The molecule has 9 nitrogen and oxygen atoms in total. The Morgan fingerprint density at radius 3 is 2.39 bits per heavy atom. The summed E-state index contributed by atoms with van der Waals surface area (Å²) in [6.45, 7) is -1.04. The van der Waals surface area contributed by atoms with Crippen molar-refractivity contribution in [2.24, 2.45) is 13.0 Å². The van der Waals surface area contributed by atoms with E-state index < -0.39 is 111 Å². The minimum Gasteiger partial charge on any atom is -0.396 e. The van der Waals surface area contributed by atoms with Crippen LogP contribution in [-0.4, -0.2) is 63.3 Å². The molecule has 3 aliphatic rings. The normalized spacial score (nSPS) is 20.9. The van der Waals surface area contributed by atoms with Crippen molar-refractivity contribution in [1.29, 1.82) is 0 Å². The van der Waals surface area contributed by atoms with E-state index in [9.17, 15) is 44.8 Å². The number of fused-ring (bicyclic) bond motifs is 4. The first kappa shape index (κ1) is 42.6. The number of hydrogen-bond donors (Lipinski definition) is 2. The first-order chi connectivity index (χ1) is 28.2. The largest absolute Gasteiger partial charge is 0.435 e. The van der Waals surface area contributed by atoms with Crippen LogP contribution >= 0.6 is 11.6 Å². The predicted octanol–water partition coefficient (Wildman–Crippen LogP) is 7.92. The van der Waals surface area contributed by atoms with Crippen molar-refractivity contribution in [2.45, 2.75) is 79.9 Å². The molecule has 20 heteroatoms. The molecule has 0 aliphatic heterocycles. The van der Waals surface area contributed by atoms with E-state index in [1.54, 1.807) is 13.1 Å². The van der Waals surface area contributed by atoms with Gasteiger partial charge in [-0.25, -0.2) is 22.5 Å². The third kappa shape index (κ3) is 7.98. The molecule has 61 heavy (non-hydrogen) atoms. The number of Topliss-reactive ketones (excluding diaryl/α,β-unsaturated/α-hetero) is 1. The summed E-state index contributed by atoms with van der Waals surface area (Å²) in [6.07, 6.45) is -6.87. The first-order valence-electron chi connectivity index (χ1n) is 18.6. The Balaban J connectivity index is 1.30. The average Bonchev–Trinajstić information content (AvgIpc) is 3.64. The van der Waals surface area contributed by atoms with Gasteiger partial charge in [-0.2, -0.15) is 32.1 Å². The molecule has 5 aromatic rings. The number of aliphatic hydroxyl groups is 1. The molecule has 1 unspecified atom stereocenters. The Bertz CT molecular complexity index is 2830. The van der Waals surface area contributed by atoms with E-state index in [1.807, 2.05) is 0 Å². The lowest BCUT2D eigenvalue weighted by Gasteiger charge is -2.39. The molecule has 3 aromatic heterocycles. The molecule has 3 heterocycles. The smallest absolute Gasteiger partial charge is 0.396 e. The quantitative estimate of drug-likeness (QED) is 0.0829.